The Labute approximate surface area is 160 Å². The van der Waals surface area contributed by atoms with E-state index in [0.717, 1.165) is 12.8 Å². The van der Waals surface area contributed by atoms with Crippen LogP contribution in [0.5, 0.6) is 0 Å². The number of sulfonamides is 1. The first-order valence-electron chi connectivity index (χ1n) is 9.36. The fraction of sp³-hybridized carbons (Fsp3) is 0.579. The predicted molar refractivity (Wildman–Crippen MR) is 102 cm³/mol. The summed E-state index contributed by atoms with van der Waals surface area (Å²) in [6.07, 6.45) is 3.14. The highest BCUT2D eigenvalue weighted by molar-refractivity contribution is 7.89. The van der Waals surface area contributed by atoms with E-state index in [1.807, 2.05) is 6.92 Å². The summed E-state index contributed by atoms with van der Waals surface area (Å²) >= 11 is 0. The van der Waals surface area contributed by atoms with Gasteiger partial charge < -0.3 is 10.0 Å². The maximum Gasteiger partial charge on any atom is 0.303 e. The average molecular weight is 397 g/mol. The van der Waals surface area contributed by atoms with Gasteiger partial charge in [-0.15, -0.1) is 0 Å². The first-order valence-corrected chi connectivity index (χ1v) is 10.8. The SMILES string of the molecule is CCC(C)NS(=O)(=O)c1ccc(C(=O)N2CCCC(CCC(=O)O)C2)cc1. The number of carbonyl (C=O) groups is 2. The largest absolute Gasteiger partial charge is 0.481 e. The van der Waals surface area contributed by atoms with Crippen LogP contribution in [0.2, 0.25) is 0 Å². The van der Waals surface area contributed by atoms with E-state index < -0.39 is 16.0 Å². The van der Waals surface area contributed by atoms with Crippen molar-refractivity contribution in [2.24, 2.45) is 5.92 Å². The van der Waals surface area contributed by atoms with Crippen molar-refractivity contribution >= 4 is 21.9 Å². The Morgan fingerprint density at radius 1 is 1.30 bits per heavy atom. The number of carboxylic acid groups (broad SMARTS) is 1. The van der Waals surface area contributed by atoms with Crippen LogP contribution in [0.3, 0.4) is 0 Å². The van der Waals surface area contributed by atoms with Gasteiger partial charge >= 0.3 is 5.97 Å². The maximum atomic E-state index is 12.7. The zero-order valence-electron chi connectivity index (χ0n) is 15.8. The number of hydrogen-bond acceptors (Lipinski definition) is 4. The van der Waals surface area contributed by atoms with Gasteiger partial charge in [-0.3, -0.25) is 9.59 Å². The van der Waals surface area contributed by atoms with Gasteiger partial charge in [0.25, 0.3) is 5.91 Å². The predicted octanol–water partition coefficient (Wildman–Crippen LogP) is 2.48. The average Bonchev–Trinajstić information content (AvgIpc) is 2.65. The summed E-state index contributed by atoms with van der Waals surface area (Å²) in [6.45, 7) is 4.88. The smallest absolute Gasteiger partial charge is 0.303 e. The molecule has 1 aliphatic rings. The third-order valence-corrected chi connectivity index (χ3v) is 6.56. The summed E-state index contributed by atoms with van der Waals surface area (Å²) < 4.78 is 27.2. The van der Waals surface area contributed by atoms with Gasteiger partial charge in [0.1, 0.15) is 0 Å². The molecule has 2 unspecified atom stereocenters. The van der Waals surface area contributed by atoms with Gasteiger partial charge in [-0.2, -0.15) is 0 Å². The molecule has 0 bridgehead atoms. The third-order valence-electron chi connectivity index (χ3n) is 4.95. The van der Waals surface area contributed by atoms with Crippen LogP contribution in [0.15, 0.2) is 29.2 Å². The minimum absolute atomic E-state index is 0.114. The lowest BCUT2D eigenvalue weighted by atomic mass is 9.93. The molecule has 0 radical (unpaired) electrons. The van der Waals surface area contributed by atoms with Gasteiger partial charge in [0.15, 0.2) is 0 Å². The van der Waals surface area contributed by atoms with Crippen LogP contribution >= 0.6 is 0 Å². The zero-order chi connectivity index (χ0) is 20.0. The van der Waals surface area contributed by atoms with Crippen molar-refractivity contribution in [2.75, 3.05) is 13.1 Å². The summed E-state index contributed by atoms with van der Waals surface area (Å²) in [6, 6.07) is 5.81. The Kier molecular flexibility index (Phi) is 7.38. The van der Waals surface area contributed by atoms with E-state index in [2.05, 4.69) is 4.72 Å². The number of nitrogens with zero attached hydrogens (tertiary/aromatic N) is 1. The Morgan fingerprint density at radius 2 is 1.96 bits per heavy atom. The van der Waals surface area contributed by atoms with E-state index in [9.17, 15) is 18.0 Å². The molecule has 7 nitrogen and oxygen atoms in total. The monoisotopic (exact) mass is 396 g/mol. The number of aliphatic carboxylic acids is 1. The standard InChI is InChI=1S/C19H28N2O5S/c1-3-14(2)20-27(25,26)17-9-7-16(8-10-17)19(24)21-12-4-5-15(13-21)6-11-18(22)23/h7-10,14-15,20H,3-6,11-13H2,1-2H3,(H,22,23). The minimum atomic E-state index is -3.59. The number of amides is 1. The number of piperidine rings is 1. The van der Waals surface area contributed by atoms with Crippen molar-refractivity contribution in [2.45, 2.75) is 56.9 Å². The summed E-state index contributed by atoms with van der Waals surface area (Å²) in [5.41, 5.74) is 0.441. The van der Waals surface area contributed by atoms with Gasteiger partial charge in [-0.1, -0.05) is 6.92 Å². The summed E-state index contributed by atoms with van der Waals surface area (Å²) in [4.78, 5) is 25.3. The molecule has 2 N–H and O–H groups in total. The lowest BCUT2D eigenvalue weighted by molar-refractivity contribution is -0.137. The second-order valence-electron chi connectivity index (χ2n) is 7.15. The highest BCUT2D eigenvalue weighted by Gasteiger charge is 2.25. The first kappa shape index (κ1) is 21.4. The van der Waals surface area contributed by atoms with Crippen molar-refractivity contribution in [1.29, 1.82) is 0 Å². The molecule has 150 valence electrons. The van der Waals surface area contributed by atoms with Crippen LogP contribution in [0.25, 0.3) is 0 Å². The fourth-order valence-corrected chi connectivity index (χ4v) is 4.52. The van der Waals surface area contributed by atoms with Gasteiger partial charge in [0.2, 0.25) is 10.0 Å². The number of likely N-dealkylation sites (tertiary alicyclic amines) is 1. The number of carbonyl (C=O) groups excluding carboxylic acids is 1. The van der Waals surface area contributed by atoms with Crippen molar-refractivity contribution in [3.05, 3.63) is 29.8 Å². The molecule has 2 rings (SSSR count). The van der Waals surface area contributed by atoms with E-state index in [4.69, 9.17) is 5.11 Å². The second-order valence-corrected chi connectivity index (χ2v) is 8.86. The molecular formula is C19H28N2O5S. The van der Waals surface area contributed by atoms with Gasteiger partial charge in [-0.05, 0) is 62.8 Å². The molecule has 2 atom stereocenters. The van der Waals surface area contributed by atoms with Gasteiger partial charge in [-0.25, -0.2) is 13.1 Å². The molecule has 1 aliphatic heterocycles. The topological polar surface area (TPSA) is 104 Å². The van der Waals surface area contributed by atoms with Crippen LogP contribution in [0, 0.1) is 5.92 Å². The fourth-order valence-electron chi connectivity index (χ4n) is 3.19. The molecule has 1 amide bonds. The Morgan fingerprint density at radius 3 is 2.56 bits per heavy atom. The molecule has 8 heteroatoms. The van der Waals surface area contributed by atoms with Crippen LogP contribution in [0.4, 0.5) is 0 Å². The molecule has 1 heterocycles. The quantitative estimate of drug-likeness (QED) is 0.702. The minimum Gasteiger partial charge on any atom is -0.481 e. The summed E-state index contributed by atoms with van der Waals surface area (Å²) in [5, 5.41) is 8.82. The Balaban J connectivity index is 2.03. The van der Waals surface area contributed by atoms with Gasteiger partial charge in [0, 0.05) is 31.1 Å². The molecule has 1 fully saturated rings. The number of benzene rings is 1. The molecule has 0 aliphatic carbocycles. The first-order chi connectivity index (χ1) is 12.7. The van der Waals surface area contributed by atoms with Crippen molar-refractivity contribution < 1.29 is 23.1 Å². The highest BCUT2D eigenvalue weighted by atomic mass is 32.2. The number of carboxylic acids is 1. The van der Waals surface area contributed by atoms with Crippen molar-refractivity contribution in [3.8, 4) is 0 Å². The van der Waals surface area contributed by atoms with E-state index in [0.29, 0.717) is 31.5 Å². The molecular weight excluding hydrogens is 368 g/mol. The van der Waals surface area contributed by atoms with Crippen LogP contribution in [0.1, 0.15) is 56.3 Å². The van der Waals surface area contributed by atoms with E-state index in [-0.39, 0.29) is 29.2 Å². The van der Waals surface area contributed by atoms with Crippen LogP contribution in [-0.4, -0.2) is 49.4 Å². The molecule has 0 aromatic heterocycles. The molecule has 1 aromatic rings. The van der Waals surface area contributed by atoms with Crippen molar-refractivity contribution in [3.63, 3.8) is 0 Å². The highest BCUT2D eigenvalue weighted by Crippen LogP contribution is 2.23. The van der Waals surface area contributed by atoms with E-state index in [1.54, 1.807) is 11.8 Å². The number of rotatable bonds is 8. The number of nitrogens with one attached hydrogen (secondary N) is 1. The summed E-state index contributed by atoms with van der Waals surface area (Å²) in [7, 11) is -3.59. The molecule has 0 saturated carbocycles. The molecule has 1 saturated heterocycles. The molecule has 0 spiro atoms. The normalized spacial score (nSPS) is 18.9. The van der Waals surface area contributed by atoms with Crippen LogP contribution in [-0.2, 0) is 14.8 Å². The van der Waals surface area contributed by atoms with E-state index in [1.165, 1.54) is 24.3 Å². The number of hydrogen-bond donors (Lipinski definition) is 2. The zero-order valence-corrected chi connectivity index (χ0v) is 16.7. The van der Waals surface area contributed by atoms with Crippen molar-refractivity contribution in [1.82, 2.24) is 9.62 Å². The maximum absolute atomic E-state index is 12.7. The van der Waals surface area contributed by atoms with Crippen LogP contribution < -0.4 is 4.72 Å². The summed E-state index contributed by atoms with van der Waals surface area (Å²) in [5.74, 6) is -0.770. The third kappa shape index (κ3) is 6.04. The Hall–Kier alpha value is -1.93. The molecule has 1 aromatic carbocycles. The lowest BCUT2D eigenvalue weighted by Gasteiger charge is -2.32. The van der Waals surface area contributed by atoms with E-state index >= 15 is 0 Å². The molecule has 27 heavy (non-hydrogen) atoms. The van der Waals surface area contributed by atoms with Gasteiger partial charge in [0.05, 0.1) is 4.90 Å². The Bertz CT molecular complexity index is 761. The lowest BCUT2D eigenvalue weighted by Crippen LogP contribution is -2.40. The second kappa shape index (κ2) is 9.32.